The first kappa shape index (κ1) is 20.8. The van der Waals surface area contributed by atoms with Crippen molar-refractivity contribution in [2.75, 3.05) is 31.7 Å². The number of carbonyl (C=O) groups excluding carboxylic acids is 1. The summed E-state index contributed by atoms with van der Waals surface area (Å²) in [5, 5.41) is 11.7. The molecule has 31 heavy (non-hydrogen) atoms. The smallest absolute Gasteiger partial charge is 0.251 e. The van der Waals surface area contributed by atoms with E-state index in [1.54, 1.807) is 18.3 Å². The fourth-order valence-corrected chi connectivity index (χ4v) is 3.92. The number of ether oxygens (including phenoxy) is 1. The summed E-state index contributed by atoms with van der Waals surface area (Å²) in [7, 11) is 1.45. The van der Waals surface area contributed by atoms with E-state index in [4.69, 9.17) is 9.84 Å². The third-order valence-corrected chi connectivity index (χ3v) is 5.38. The van der Waals surface area contributed by atoms with E-state index in [1.807, 2.05) is 30.3 Å². The first-order valence-corrected chi connectivity index (χ1v) is 10.2. The molecule has 0 atom stereocenters. The number of carbonyl (C=O) groups is 1. The van der Waals surface area contributed by atoms with Crippen LogP contribution in [0.15, 0.2) is 54.7 Å². The summed E-state index contributed by atoms with van der Waals surface area (Å²) < 4.78 is 19.0. The molecule has 0 bridgehead atoms. The molecular weight excluding hydrogens is 397 g/mol. The maximum Gasteiger partial charge on any atom is 0.251 e. The van der Waals surface area contributed by atoms with Crippen LogP contribution in [0.2, 0.25) is 0 Å². The molecule has 2 heterocycles. The molecule has 0 spiro atoms. The van der Waals surface area contributed by atoms with Crippen molar-refractivity contribution in [3.05, 3.63) is 82.8 Å². The summed E-state index contributed by atoms with van der Waals surface area (Å²) in [5.41, 5.74) is 4.41. The molecule has 2 aromatic carbocycles. The number of nitrogens with zero attached hydrogens (tertiary/aromatic N) is 2. The van der Waals surface area contributed by atoms with Crippen LogP contribution in [-0.2, 0) is 12.8 Å². The molecule has 0 saturated heterocycles. The van der Waals surface area contributed by atoms with Gasteiger partial charge in [-0.15, -0.1) is 0 Å². The third-order valence-electron chi connectivity index (χ3n) is 5.38. The minimum atomic E-state index is -0.380. The second kappa shape index (κ2) is 9.14. The predicted octanol–water partition coefficient (Wildman–Crippen LogP) is 3.24. The lowest BCUT2D eigenvalue weighted by atomic mass is 10.0. The van der Waals surface area contributed by atoms with Crippen molar-refractivity contribution in [1.29, 1.82) is 0 Å². The molecule has 1 aliphatic rings. The van der Waals surface area contributed by atoms with E-state index in [0.717, 1.165) is 34.6 Å². The number of amides is 1. The van der Waals surface area contributed by atoms with Gasteiger partial charge < -0.3 is 20.1 Å². The molecule has 1 aliphatic heterocycles. The van der Waals surface area contributed by atoms with Gasteiger partial charge in [0.05, 0.1) is 13.7 Å². The van der Waals surface area contributed by atoms with E-state index < -0.39 is 0 Å². The Morgan fingerprint density at radius 3 is 2.84 bits per heavy atom. The second-order valence-electron chi connectivity index (χ2n) is 7.35. The summed E-state index contributed by atoms with van der Waals surface area (Å²) in [5.74, 6) is 0.454. The molecule has 0 radical (unpaired) electrons. The largest absolute Gasteiger partial charge is 0.494 e. The molecule has 0 fully saturated rings. The minimum absolute atomic E-state index is 0.0955. The lowest BCUT2D eigenvalue weighted by Gasteiger charge is -2.19. The van der Waals surface area contributed by atoms with Gasteiger partial charge in [-0.05, 0) is 65.9 Å². The molecule has 1 amide bonds. The highest BCUT2D eigenvalue weighted by Gasteiger charge is 2.26. The number of hydrogen-bond acceptors (Lipinski definition) is 5. The summed E-state index contributed by atoms with van der Waals surface area (Å²) in [6.45, 7) is 0.844. The van der Waals surface area contributed by atoms with Crippen LogP contribution in [0.3, 0.4) is 0 Å². The standard InChI is InChI=1S/C24H24FN3O3/c1-31-22-6-5-16(14-20(22)25)13-17-7-9-26-23(15-17)28-11-8-18-19(3-2-4-21(18)28)24(30)27-10-12-29/h2-7,9,14-15,29H,8,10-13H2,1H3,(H,27,30). The van der Waals surface area contributed by atoms with Crippen molar-refractivity contribution in [1.82, 2.24) is 10.3 Å². The fourth-order valence-electron chi connectivity index (χ4n) is 3.92. The fraction of sp³-hybridized carbons (Fsp3) is 0.250. The maximum atomic E-state index is 14.0. The lowest BCUT2D eigenvalue weighted by molar-refractivity contribution is 0.0944. The van der Waals surface area contributed by atoms with Crippen molar-refractivity contribution in [2.24, 2.45) is 0 Å². The van der Waals surface area contributed by atoms with Crippen molar-refractivity contribution in [2.45, 2.75) is 12.8 Å². The van der Waals surface area contributed by atoms with Crippen LogP contribution >= 0.6 is 0 Å². The van der Waals surface area contributed by atoms with Gasteiger partial charge in [-0.25, -0.2) is 9.37 Å². The first-order chi connectivity index (χ1) is 15.1. The zero-order valence-corrected chi connectivity index (χ0v) is 17.3. The van der Waals surface area contributed by atoms with E-state index >= 15 is 0 Å². The van der Waals surface area contributed by atoms with Gasteiger partial charge in [0.15, 0.2) is 11.6 Å². The molecule has 7 heteroatoms. The van der Waals surface area contributed by atoms with Gasteiger partial charge in [0.25, 0.3) is 5.91 Å². The highest BCUT2D eigenvalue weighted by molar-refractivity contribution is 5.98. The van der Waals surface area contributed by atoms with Gasteiger partial charge in [0, 0.05) is 30.5 Å². The highest BCUT2D eigenvalue weighted by Crippen LogP contribution is 2.36. The summed E-state index contributed by atoms with van der Waals surface area (Å²) in [4.78, 5) is 19.1. The zero-order chi connectivity index (χ0) is 21.8. The van der Waals surface area contributed by atoms with Crippen LogP contribution in [0.4, 0.5) is 15.9 Å². The molecule has 3 aromatic rings. The predicted molar refractivity (Wildman–Crippen MR) is 117 cm³/mol. The molecule has 2 N–H and O–H groups in total. The van der Waals surface area contributed by atoms with Gasteiger partial charge in [-0.1, -0.05) is 12.1 Å². The number of anilines is 2. The van der Waals surface area contributed by atoms with Crippen molar-refractivity contribution in [3.8, 4) is 5.75 Å². The molecule has 0 unspecified atom stereocenters. The van der Waals surface area contributed by atoms with E-state index in [-0.39, 0.29) is 30.6 Å². The molecular formula is C24H24FN3O3. The Bertz CT molecular complexity index is 1100. The van der Waals surface area contributed by atoms with Crippen LogP contribution in [0.5, 0.6) is 5.75 Å². The Hall–Kier alpha value is -3.45. The number of halogens is 1. The summed E-state index contributed by atoms with van der Waals surface area (Å²) in [6.07, 6.45) is 3.05. The van der Waals surface area contributed by atoms with Gasteiger partial charge >= 0.3 is 0 Å². The molecule has 1 aromatic heterocycles. The van der Waals surface area contributed by atoms with Gasteiger partial charge in [-0.3, -0.25) is 4.79 Å². The Kier molecular flexibility index (Phi) is 6.13. The molecule has 6 nitrogen and oxygen atoms in total. The Labute approximate surface area is 180 Å². The van der Waals surface area contributed by atoms with Crippen molar-refractivity contribution < 1.29 is 19.0 Å². The normalized spacial score (nSPS) is 12.5. The number of benzene rings is 2. The summed E-state index contributed by atoms with van der Waals surface area (Å²) >= 11 is 0. The van der Waals surface area contributed by atoms with E-state index in [9.17, 15) is 9.18 Å². The molecule has 160 valence electrons. The SMILES string of the molecule is COc1ccc(Cc2ccnc(N3CCc4c(C(=O)NCCO)cccc43)c2)cc1F. The quantitative estimate of drug-likeness (QED) is 0.613. The Morgan fingerprint density at radius 2 is 2.06 bits per heavy atom. The monoisotopic (exact) mass is 421 g/mol. The number of aliphatic hydroxyl groups excluding tert-OH is 1. The number of fused-ring (bicyclic) bond motifs is 1. The van der Waals surface area contributed by atoms with Crippen LogP contribution in [0, 0.1) is 5.82 Å². The van der Waals surface area contributed by atoms with E-state index in [2.05, 4.69) is 15.2 Å². The lowest BCUT2D eigenvalue weighted by Crippen LogP contribution is -2.27. The number of pyridine rings is 1. The number of aromatic nitrogens is 1. The molecule has 4 rings (SSSR count). The maximum absolute atomic E-state index is 14.0. The summed E-state index contributed by atoms with van der Waals surface area (Å²) in [6, 6.07) is 14.5. The molecule has 0 saturated carbocycles. The van der Waals surface area contributed by atoms with Gasteiger partial charge in [-0.2, -0.15) is 0 Å². The van der Waals surface area contributed by atoms with Gasteiger partial charge in [0.1, 0.15) is 5.82 Å². The van der Waals surface area contributed by atoms with E-state index in [1.165, 1.54) is 13.2 Å². The van der Waals surface area contributed by atoms with Crippen LogP contribution < -0.4 is 15.0 Å². The minimum Gasteiger partial charge on any atom is -0.494 e. The average Bonchev–Trinajstić information content (AvgIpc) is 3.22. The van der Waals surface area contributed by atoms with Crippen LogP contribution in [-0.4, -0.2) is 42.8 Å². The Morgan fingerprint density at radius 1 is 1.23 bits per heavy atom. The second-order valence-corrected chi connectivity index (χ2v) is 7.35. The number of hydrogen-bond donors (Lipinski definition) is 2. The number of aliphatic hydroxyl groups is 1. The first-order valence-electron chi connectivity index (χ1n) is 10.2. The zero-order valence-electron chi connectivity index (χ0n) is 17.3. The molecule has 0 aliphatic carbocycles. The van der Waals surface area contributed by atoms with Crippen molar-refractivity contribution >= 4 is 17.4 Å². The van der Waals surface area contributed by atoms with E-state index in [0.29, 0.717) is 18.5 Å². The average molecular weight is 421 g/mol. The van der Waals surface area contributed by atoms with Crippen molar-refractivity contribution in [3.63, 3.8) is 0 Å². The number of methoxy groups -OCH3 is 1. The third kappa shape index (κ3) is 4.36. The Balaban J connectivity index is 1.57. The number of nitrogens with one attached hydrogen (secondary N) is 1. The van der Waals surface area contributed by atoms with Gasteiger partial charge in [0.2, 0.25) is 0 Å². The highest BCUT2D eigenvalue weighted by atomic mass is 19.1. The topological polar surface area (TPSA) is 74.7 Å². The number of rotatable bonds is 7. The van der Waals surface area contributed by atoms with Crippen LogP contribution in [0.25, 0.3) is 0 Å². The van der Waals surface area contributed by atoms with Crippen LogP contribution in [0.1, 0.15) is 27.0 Å².